The van der Waals surface area contributed by atoms with E-state index in [2.05, 4.69) is 9.57 Å². The van der Waals surface area contributed by atoms with E-state index in [-0.39, 0.29) is 13.0 Å². The highest BCUT2D eigenvalue weighted by atomic mass is 16.9. The summed E-state index contributed by atoms with van der Waals surface area (Å²) in [6, 6.07) is 0. The minimum atomic E-state index is -0.955. The Hall–Kier alpha value is -1.33. The Morgan fingerprint density at radius 2 is 2.30 bits per heavy atom. The van der Waals surface area contributed by atoms with Gasteiger partial charge in [0.25, 0.3) is 5.09 Å². The molecule has 0 amide bonds. The molecule has 0 saturated carbocycles. The SMILES string of the molecule is COC(=O)CCO[N+](=O)[O-]. The van der Waals surface area contributed by atoms with Crippen molar-refractivity contribution in [2.24, 2.45) is 0 Å². The minimum absolute atomic E-state index is 0.0997. The molecule has 0 aromatic heterocycles. The second-order valence-electron chi connectivity index (χ2n) is 1.38. The number of carbonyl (C=O) groups is 1. The van der Waals surface area contributed by atoms with Gasteiger partial charge in [0, 0.05) is 0 Å². The lowest BCUT2D eigenvalue weighted by atomic mass is 10.5. The first-order valence-corrected chi connectivity index (χ1v) is 2.51. The molecule has 0 N–H and O–H groups in total. The van der Waals surface area contributed by atoms with Gasteiger partial charge in [-0.25, -0.2) is 0 Å². The molecule has 0 unspecified atom stereocenters. The number of esters is 1. The number of hydrogen-bond acceptors (Lipinski definition) is 5. The molecular formula is C4H7NO5. The number of ether oxygens (including phenoxy) is 1. The molecule has 0 aliphatic carbocycles. The van der Waals surface area contributed by atoms with Crippen molar-refractivity contribution in [1.29, 1.82) is 0 Å². The lowest BCUT2D eigenvalue weighted by Crippen LogP contribution is -2.08. The van der Waals surface area contributed by atoms with Gasteiger partial charge in [-0.2, -0.15) is 0 Å². The predicted molar refractivity (Wildman–Crippen MR) is 29.6 cm³/mol. The number of hydrogen-bond donors (Lipinski definition) is 0. The van der Waals surface area contributed by atoms with E-state index >= 15 is 0 Å². The topological polar surface area (TPSA) is 78.7 Å². The third-order valence-electron chi connectivity index (χ3n) is 0.731. The van der Waals surface area contributed by atoms with E-state index in [9.17, 15) is 14.9 Å². The van der Waals surface area contributed by atoms with Crippen molar-refractivity contribution in [2.45, 2.75) is 6.42 Å². The Morgan fingerprint density at radius 3 is 2.70 bits per heavy atom. The highest BCUT2D eigenvalue weighted by Crippen LogP contribution is 1.85. The fraction of sp³-hybridized carbons (Fsp3) is 0.750. The van der Waals surface area contributed by atoms with Gasteiger partial charge in [0.1, 0.15) is 6.61 Å². The number of methoxy groups -OCH3 is 1. The lowest BCUT2D eigenvalue weighted by molar-refractivity contribution is -0.757. The number of nitrogens with zero attached hydrogens (tertiary/aromatic N) is 1. The van der Waals surface area contributed by atoms with Gasteiger partial charge in [-0.15, -0.1) is 10.1 Å². The zero-order valence-corrected chi connectivity index (χ0v) is 5.40. The van der Waals surface area contributed by atoms with Crippen molar-refractivity contribution in [3.8, 4) is 0 Å². The van der Waals surface area contributed by atoms with E-state index in [1.54, 1.807) is 0 Å². The Labute approximate surface area is 56.8 Å². The average molecular weight is 149 g/mol. The van der Waals surface area contributed by atoms with Crippen molar-refractivity contribution in [1.82, 2.24) is 0 Å². The molecule has 0 aliphatic heterocycles. The maximum absolute atomic E-state index is 10.3. The van der Waals surface area contributed by atoms with Crippen LogP contribution in [0, 0.1) is 10.1 Å². The van der Waals surface area contributed by atoms with Gasteiger partial charge >= 0.3 is 5.97 Å². The molecule has 6 nitrogen and oxygen atoms in total. The summed E-state index contributed by atoms with van der Waals surface area (Å²) in [5, 5.41) is 8.54. The number of rotatable bonds is 4. The summed E-state index contributed by atoms with van der Waals surface area (Å²) in [7, 11) is 1.20. The van der Waals surface area contributed by atoms with Gasteiger partial charge in [-0.3, -0.25) is 4.79 Å². The van der Waals surface area contributed by atoms with Crippen LogP contribution in [-0.2, 0) is 14.4 Å². The summed E-state index contributed by atoms with van der Waals surface area (Å²) in [5.41, 5.74) is 0. The van der Waals surface area contributed by atoms with Gasteiger partial charge in [0.05, 0.1) is 13.5 Å². The summed E-state index contributed by atoms with van der Waals surface area (Å²) in [4.78, 5) is 23.6. The molecule has 0 bridgehead atoms. The van der Waals surface area contributed by atoms with Crippen molar-refractivity contribution in [3.63, 3.8) is 0 Å². The van der Waals surface area contributed by atoms with Crippen molar-refractivity contribution >= 4 is 5.97 Å². The Morgan fingerprint density at radius 1 is 1.70 bits per heavy atom. The van der Waals surface area contributed by atoms with Crippen LogP contribution in [0.4, 0.5) is 0 Å². The van der Waals surface area contributed by atoms with E-state index in [0.717, 1.165) is 0 Å². The van der Waals surface area contributed by atoms with Crippen LogP contribution >= 0.6 is 0 Å². The van der Waals surface area contributed by atoms with Crippen LogP contribution in [0.5, 0.6) is 0 Å². The molecule has 10 heavy (non-hydrogen) atoms. The van der Waals surface area contributed by atoms with Crippen molar-refractivity contribution in [2.75, 3.05) is 13.7 Å². The average Bonchev–Trinajstić information content (AvgIpc) is 1.87. The zero-order chi connectivity index (χ0) is 7.98. The highest BCUT2D eigenvalue weighted by Gasteiger charge is 2.01. The van der Waals surface area contributed by atoms with E-state index in [0.29, 0.717) is 0 Å². The third kappa shape index (κ3) is 4.82. The molecule has 0 aromatic carbocycles. The van der Waals surface area contributed by atoms with E-state index < -0.39 is 11.1 Å². The largest absolute Gasteiger partial charge is 0.469 e. The van der Waals surface area contributed by atoms with Gasteiger partial charge in [0.2, 0.25) is 0 Å². The molecule has 0 spiro atoms. The third-order valence-corrected chi connectivity index (χ3v) is 0.731. The van der Waals surface area contributed by atoms with Crippen LogP contribution < -0.4 is 0 Å². The monoisotopic (exact) mass is 149 g/mol. The van der Waals surface area contributed by atoms with Crippen LogP contribution in [0.2, 0.25) is 0 Å². The quantitative estimate of drug-likeness (QED) is 0.313. The van der Waals surface area contributed by atoms with Crippen LogP contribution in [0.15, 0.2) is 0 Å². The first-order valence-electron chi connectivity index (χ1n) is 2.51. The maximum Gasteiger partial charge on any atom is 0.307 e. The Kier molecular flexibility index (Phi) is 3.94. The molecule has 0 heterocycles. The van der Waals surface area contributed by atoms with Gasteiger partial charge in [0.15, 0.2) is 0 Å². The summed E-state index contributed by atoms with van der Waals surface area (Å²) < 4.78 is 4.19. The molecule has 6 heteroatoms. The van der Waals surface area contributed by atoms with Crippen LogP contribution in [0.1, 0.15) is 6.42 Å². The van der Waals surface area contributed by atoms with Gasteiger partial charge < -0.3 is 9.57 Å². The van der Waals surface area contributed by atoms with Gasteiger partial charge in [-0.1, -0.05) is 0 Å². The summed E-state index contributed by atoms with van der Waals surface area (Å²) in [6.07, 6.45) is -0.0997. The molecule has 0 aromatic rings. The van der Waals surface area contributed by atoms with Crippen molar-refractivity contribution < 1.29 is 19.5 Å². The standard InChI is InChI=1S/C4H7NO5/c1-9-4(6)2-3-10-5(7)8/h2-3H2,1H3. The molecule has 58 valence electrons. The van der Waals surface area contributed by atoms with Crippen LogP contribution in [0.3, 0.4) is 0 Å². The summed E-state index contributed by atoms with van der Waals surface area (Å²) in [6.45, 7) is -0.250. The molecule has 0 fully saturated rings. The molecule has 0 aliphatic rings. The fourth-order valence-corrected chi connectivity index (χ4v) is 0.306. The summed E-state index contributed by atoms with van der Waals surface area (Å²) in [5.74, 6) is -0.526. The van der Waals surface area contributed by atoms with E-state index in [1.165, 1.54) is 7.11 Å². The van der Waals surface area contributed by atoms with Gasteiger partial charge in [-0.05, 0) is 0 Å². The highest BCUT2D eigenvalue weighted by molar-refractivity contribution is 5.69. The molecular weight excluding hydrogens is 142 g/mol. The smallest absolute Gasteiger partial charge is 0.307 e. The lowest BCUT2D eigenvalue weighted by Gasteiger charge is -1.96. The first kappa shape index (κ1) is 8.67. The van der Waals surface area contributed by atoms with Crippen LogP contribution in [0.25, 0.3) is 0 Å². The van der Waals surface area contributed by atoms with E-state index in [4.69, 9.17) is 0 Å². The molecule has 0 saturated heterocycles. The number of carbonyl (C=O) groups excluding carboxylic acids is 1. The fourth-order valence-electron chi connectivity index (χ4n) is 0.306. The first-order chi connectivity index (χ1) is 4.66. The Bertz CT molecular complexity index is 134. The van der Waals surface area contributed by atoms with Crippen molar-refractivity contribution in [3.05, 3.63) is 10.1 Å². The zero-order valence-electron chi connectivity index (χ0n) is 5.40. The van der Waals surface area contributed by atoms with Crippen LogP contribution in [-0.4, -0.2) is 24.8 Å². The van der Waals surface area contributed by atoms with E-state index in [1.807, 2.05) is 0 Å². The summed E-state index contributed by atoms with van der Waals surface area (Å²) >= 11 is 0. The normalized spacial score (nSPS) is 8.50. The maximum atomic E-state index is 10.3. The predicted octanol–water partition coefficient (Wildman–Crippen LogP) is -0.242. The molecule has 0 atom stereocenters. The molecule has 0 rings (SSSR count). The minimum Gasteiger partial charge on any atom is -0.469 e. The second kappa shape index (κ2) is 4.54. The second-order valence-corrected chi connectivity index (χ2v) is 1.38. The Balaban J connectivity index is 3.20. The molecule has 0 radical (unpaired) electrons.